The van der Waals surface area contributed by atoms with Gasteiger partial charge in [0.25, 0.3) is 5.69 Å². The number of amides is 1. The fourth-order valence-corrected chi connectivity index (χ4v) is 3.56. The molecule has 0 saturated carbocycles. The van der Waals surface area contributed by atoms with Gasteiger partial charge in [-0.25, -0.2) is 9.37 Å². The molecular formula is C26H21FN4O3. The maximum Gasteiger partial charge on any atom is 0.279 e. The average Bonchev–Trinajstić information content (AvgIpc) is 3.35. The third kappa shape index (κ3) is 5.60. The molecule has 1 N–H and O–H groups in total. The van der Waals surface area contributed by atoms with Crippen molar-refractivity contribution < 1.29 is 14.1 Å². The number of nitrogens with zero attached hydrogens (tertiary/aromatic N) is 3. The van der Waals surface area contributed by atoms with Crippen LogP contribution in [0.5, 0.6) is 0 Å². The van der Waals surface area contributed by atoms with Crippen LogP contribution < -0.4 is 5.32 Å². The van der Waals surface area contributed by atoms with E-state index in [1.54, 1.807) is 12.5 Å². The van der Waals surface area contributed by atoms with Gasteiger partial charge in [-0.05, 0) is 40.5 Å². The number of nitro benzene ring substituents is 1. The molecule has 8 heteroatoms. The number of aromatic nitrogens is 2. The monoisotopic (exact) mass is 456 g/mol. The standard InChI is InChI=1S/C26H21FN4O3/c27-23-11-9-21(25(15-23)31(33)34)10-12-26(32)29-16-22-3-1-2-4-24(22)20-7-5-19(6-8-20)17-30-14-13-28-18-30/h1-15,18H,16-17H2,(H,29,32). The first-order valence-corrected chi connectivity index (χ1v) is 10.5. The van der Waals surface area contributed by atoms with E-state index in [0.717, 1.165) is 40.9 Å². The lowest BCUT2D eigenvalue weighted by atomic mass is 9.98. The molecule has 0 spiro atoms. The number of hydrogen-bond acceptors (Lipinski definition) is 4. The van der Waals surface area contributed by atoms with Crippen LogP contribution in [0.4, 0.5) is 10.1 Å². The van der Waals surface area contributed by atoms with Gasteiger partial charge in [0, 0.05) is 31.6 Å². The van der Waals surface area contributed by atoms with E-state index >= 15 is 0 Å². The molecule has 4 aromatic rings. The summed E-state index contributed by atoms with van der Waals surface area (Å²) >= 11 is 0. The van der Waals surface area contributed by atoms with Gasteiger partial charge < -0.3 is 9.88 Å². The van der Waals surface area contributed by atoms with Gasteiger partial charge in [0.2, 0.25) is 5.91 Å². The number of nitro groups is 1. The van der Waals surface area contributed by atoms with E-state index < -0.39 is 22.3 Å². The molecular weight excluding hydrogens is 435 g/mol. The zero-order valence-corrected chi connectivity index (χ0v) is 18.1. The topological polar surface area (TPSA) is 90.1 Å². The Morgan fingerprint density at radius 3 is 2.65 bits per heavy atom. The number of benzene rings is 3. The van der Waals surface area contributed by atoms with Crippen LogP contribution >= 0.6 is 0 Å². The highest BCUT2D eigenvalue weighted by molar-refractivity contribution is 5.92. The third-order valence-corrected chi connectivity index (χ3v) is 5.26. The van der Waals surface area contributed by atoms with Gasteiger partial charge in [0.1, 0.15) is 5.82 Å². The summed E-state index contributed by atoms with van der Waals surface area (Å²) in [5, 5.41) is 13.9. The lowest BCUT2D eigenvalue weighted by Gasteiger charge is -2.11. The molecule has 1 amide bonds. The smallest absolute Gasteiger partial charge is 0.279 e. The van der Waals surface area contributed by atoms with Gasteiger partial charge in [-0.2, -0.15) is 0 Å². The minimum absolute atomic E-state index is 0.151. The fourth-order valence-electron chi connectivity index (χ4n) is 3.56. The van der Waals surface area contributed by atoms with Crippen molar-refractivity contribution in [2.24, 2.45) is 0 Å². The molecule has 0 aliphatic carbocycles. The Kier molecular flexibility index (Phi) is 6.88. The molecule has 0 unspecified atom stereocenters. The van der Waals surface area contributed by atoms with Crippen molar-refractivity contribution in [2.75, 3.05) is 0 Å². The first-order chi connectivity index (χ1) is 16.5. The Labute approximate surface area is 195 Å². The van der Waals surface area contributed by atoms with Crippen molar-refractivity contribution in [3.05, 3.63) is 124 Å². The second kappa shape index (κ2) is 10.4. The van der Waals surface area contributed by atoms with Crippen molar-refractivity contribution in [1.29, 1.82) is 0 Å². The van der Waals surface area contributed by atoms with E-state index in [0.29, 0.717) is 0 Å². The Morgan fingerprint density at radius 1 is 1.12 bits per heavy atom. The number of carbonyl (C=O) groups is 1. The Hall–Kier alpha value is -4.59. The molecule has 0 radical (unpaired) electrons. The summed E-state index contributed by atoms with van der Waals surface area (Å²) in [5.74, 6) is -1.12. The van der Waals surface area contributed by atoms with Crippen molar-refractivity contribution >= 4 is 17.7 Å². The predicted octanol–water partition coefficient (Wildman–Crippen LogP) is 4.98. The van der Waals surface area contributed by atoms with Crippen LogP contribution in [0, 0.1) is 15.9 Å². The molecule has 0 fully saturated rings. The number of hydrogen-bond donors (Lipinski definition) is 1. The second-order valence-corrected chi connectivity index (χ2v) is 7.60. The van der Waals surface area contributed by atoms with Crippen LogP contribution in [0.25, 0.3) is 17.2 Å². The maximum atomic E-state index is 13.3. The quantitative estimate of drug-likeness (QED) is 0.230. The van der Waals surface area contributed by atoms with Gasteiger partial charge in [-0.1, -0.05) is 48.5 Å². The molecule has 3 aromatic carbocycles. The predicted molar refractivity (Wildman–Crippen MR) is 127 cm³/mol. The molecule has 0 saturated heterocycles. The molecule has 0 aliphatic rings. The number of carbonyl (C=O) groups excluding carboxylic acids is 1. The van der Waals surface area contributed by atoms with Gasteiger partial charge in [0.15, 0.2) is 0 Å². The van der Waals surface area contributed by atoms with Crippen LogP contribution in [0.2, 0.25) is 0 Å². The number of halogens is 1. The minimum Gasteiger partial charge on any atom is -0.348 e. The number of imidazole rings is 1. The van der Waals surface area contributed by atoms with Crippen molar-refractivity contribution in [3.8, 4) is 11.1 Å². The van der Waals surface area contributed by atoms with Crippen LogP contribution in [0.1, 0.15) is 16.7 Å². The molecule has 4 rings (SSSR count). The van der Waals surface area contributed by atoms with E-state index in [1.807, 2.05) is 47.2 Å². The van der Waals surface area contributed by atoms with Crippen LogP contribution in [-0.2, 0) is 17.9 Å². The molecule has 0 aliphatic heterocycles. The fraction of sp³-hybridized carbons (Fsp3) is 0.0769. The molecule has 0 atom stereocenters. The summed E-state index contributed by atoms with van der Waals surface area (Å²) in [6.07, 6.45) is 7.93. The van der Waals surface area contributed by atoms with Crippen LogP contribution in [0.3, 0.4) is 0 Å². The van der Waals surface area contributed by atoms with Crippen LogP contribution in [0.15, 0.2) is 91.5 Å². The first-order valence-electron chi connectivity index (χ1n) is 10.5. The van der Waals surface area contributed by atoms with E-state index in [2.05, 4.69) is 22.4 Å². The summed E-state index contributed by atoms with van der Waals surface area (Å²) in [6.45, 7) is 1.01. The maximum absolute atomic E-state index is 13.3. The SMILES string of the molecule is O=C(C=Cc1ccc(F)cc1[N+](=O)[O-])NCc1ccccc1-c1ccc(Cn2ccnc2)cc1. The Morgan fingerprint density at radius 2 is 1.91 bits per heavy atom. The van der Waals surface area contributed by atoms with Gasteiger partial charge in [-0.15, -0.1) is 0 Å². The highest BCUT2D eigenvalue weighted by Gasteiger charge is 2.13. The first kappa shape index (κ1) is 22.6. The van der Waals surface area contributed by atoms with E-state index in [4.69, 9.17) is 0 Å². The molecule has 1 heterocycles. The van der Waals surface area contributed by atoms with E-state index in [1.165, 1.54) is 18.2 Å². The second-order valence-electron chi connectivity index (χ2n) is 7.60. The summed E-state index contributed by atoms with van der Waals surface area (Å²) in [5.41, 5.74) is 3.85. The lowest BCUT2D eigenvalue weighted by molar-refractivity contribution is -0.385. The van der Waals surface area contributed by atoms with Gasteiger partial charge in [0.05, 0.1) is 22.9 Å². The largest absolute Gasteiger partial charge is 0.348 e. The molecule has 7 nitrogen and oxygen atoms in total. The van der Waals surface area contributed by atoms with E-state index in [9.17, 15) is 19.3 Å². The summed E-state index contributed by atoms with van der Waals surface area (Å²) < 4.78 is 15.3. The Bertz CT molecular complexity index is 1330. The van der Waals surface area contributed by atoms with Crippen molar-refractivity contribution in [1.82, 2.24) is 14.9 Å². The minimum atomic E-state index is -0.709. The lowest BCUT2D eigenvalue weighted by Crippen LogP contribution is -2.20. The number of nitrogens with one attached hydrogen (secondary N) is 1. The van der Waals surface area contributed by atoms with Crippen molar-refractivity contribution in [3.63, 3.8) is 0 Å². The third-order valence-electron chi connectivity index (χ3n) is 5.26. The molecule has 1 aromatic heterocycles. The summed E-state index contributed by atoms with van der Waals surface area (Å²) in [6, 6.07) is 19.2. The zero-order valence-electron chi connectivity index (χ0n) is 18.1. The van der Waals surface area contributed by atoms with Gasteiger partial charge >= 0.3 is 0 Å². The van der Waals surface area contributed by atoms with Crippen LogP contribution in [-0.4, -0.2) is 20.4 Å². The average molecular weight is 456 g/mol. The van der Waals surface area contributed by atoms with Crippen molar-refractivity contribution in [2.45, 2.75) is 13.1 Å². The van der Waals surface area contributed by atoms with E-state index in [-0.39, 0.29) is 12.1 Å². The summed E-state index contributed by atoms with van der Waals surface area (Å²) in [4.78, 5) is 26.8. The zero-order chi connectivity index (χ0) is 23.9. The Balaban J connectivity index is 1.43. The van der Waals surface area contributed by atoms with Gasteiger partial charge in [-0.3, -0.25) is 14.9 Å². The normalized spacial score (nSPS) is 11.0. The number of rotatable bonds is 8. The summed E-state index contributed by atoms with van der Waals surface area (Å²) in [7, 11) is 0. The molecule has 0 bridgehead atoms. The highest BCUT2D eigenvalue weighted by Crippen LogP contribution is 2.25. The molecule has 170 valence electrons. The highest BCUT2D eigenvalue weighted by atomic mass is 19.1. The molecule has 34 heavy (non-hydrogen) atoms.